The minimum Gasteiger partial charge on any atom is -0.504 e. The van der Waals surface area contributed by atoms with Crippen LogP contribution in [0.5, 0.6) is 11.5 Å². The maximum atomic E-state index is 13.3. The number of rotatable bonds is 2. The number of phenols is 1. The number of nitrogens with zero attached hydrogens (tertiary/aromatic N) is 1. The van der Waals surface area contributed by atoms with Gasteiger partial charge in [0.25, 0.3) is 0 Å². The molecule has 0 bridgehead atoms. The van der Waals surface area contributed by atoms with Gasteiger partial charge in [0.2, 0.25) is 11.8 Å². The van der Waals surface area contributed by atoms with Gasteiger partial charge in [-0.05, 0) is 37.8 Å². The van der Waals surface area contributed by atoms with Gasteiger partial charge >= 0.3 is 6.09 Å². The van der Waals surface area contributed by atoms with Gasteiger partial charge in [-0.3, -0.25) is 19.2 Å². The molecule has 9 heteroatoms. The van der Waals surface area contributed by atoms with Gasteiger partial charge in [0.1, 0.15) is 0 Å². The molecule has 1 aromatic carbocycles. The molecule has 1 heterocycles. The molecule has 3 amide bonds. The molecule has 180 valence electrons. The normalized spacial score (nSPS) is 27.7. The van der Waals surface area contributed by atoms with Crippen molar-refractivity contribution in [3.63, 3.8) is 0 Å². The van der Waals surface area contributed by atoms with Crippen molar-refractivity contribution < 1.29 is 38.6 Å². The monoisotopic (exact) mass is 477 g/mol. The number of benzene rings is 1. The molecule has 4 atom stereocenters. The molecule has 1 fully saturated rings. The SMILES string of the molecule is COC(=O)N1C(=O)[C@H]2[C@H](CC=C3[C@H](c4cccc(OC)c4O)C4=C(C[C@H]32)C(=O)C(C)=CC4=O)C1=O. The first-order valence-corrected chi connectivity index (χ1v) is 11.2. The Morgan fingerprint density at radius 1 is 1.09 bits per heavy atom. The van der Waals surface area contributed by atoms with Gasteiger partial charge in [0, 0.05) is 28.2 Å². The molecule has 5 rings (SSSR count). The van der Waals surface area contributed by atoms with Gasteiger partial charge in [-0.2, -0.15) is 4.90 Å². The Kier molecular flexibility index (Phi) is 5.23. The van der Waals surface area contributed by atoms with Crippen molar-refractivity contribution in [2.75, 3.05) is 14.2 Å². The summed E-state index contributed by atoms with van der Waals surface area (Å²) in [6.07, 6.45) is 2.30. The molecule has 1 aliphatic heterocycles. The number of allylic oxidation sites excluding steroid dienone is 6. The van der Waals surface area contributed by atoms with E-state index in [9.17, 15) is 29.1 Å². The Bertz CT molecular complexity index is 1320. The van der Waals surface area contributed by atoms with Crippen LogP contribution in [-0.4, -0.2) is 53.7 Å². The quantitative estimate of drug-likeness (QED) is 0.391. The van der Waals surface area contributed by atoms with E-state index in [1.54, 1.807) is 31.2 Å². The van der Waals surface area contributed by atoms with E-state index >= 15 is 0 Å². The lowest BCUT2D eigenvalue weighted by molar-refractivity contribution is -0.137. The Morgan fingerprint density at radius 2 is 1.83 bits per heavy atom. The van der Waals surface area contributed by atoms with Crippen molar-refractivity contribution in [3.05, 3.63) is 58.2 Å². The Balaban J connectivity index is 1.71. The van der Waals surface area contributed by atoms with Crippen LogP contribution >= 0.6 is 0 Å². The molecule has 1 saturated heterocycles. The molecule has 3 aliphatic carbocycles. The summed E-state index contributed by atoms with van der Waals surface area (Å²) in [5, 5.41) is 11.0. The standard InChI is InChI=1S/C26H23NO8/c1-11-9-17(28)21-16(22(11)29)10-15-12(19(21)13-5-4-6-18(34-2)23(13)30)7-8-14-20(15)25(32)27(24(14)31)26(33)35-3/h4-7,9,14-15,19-20,30H,8,10H2,1-3H3/t14-,15+,19+,20-/m0/s1. The number of amides is 3. The van der Waals surface area contributed by atoms with E-state index < -0.39 is 41.6 Å². The highest BCUT2D eigenvalue weighted by Crippen LogP contribution is 2.56. The third-order valence-corrected chi connectivity index (χ3v) is 7.48. The summed E-state index contributed by atoms with van der Waals surface area (Å²) in [5.41, 5.74) is 1.83. The van der Waals surface area contributed by atoms with Crippen molar-refractivity contribution in [2.45, 2.75) is 25.7 Å². The number of para-hydroxylation sites is 1. The lowest BCUT2D eigenvalue weighted by Gasteiger charge is -2.42. The summed E-state index contributed by atoms with van der Waals surface area (Å²) in [4.78, 5) is 65.4. The molecule has 35 heavy (non-hydrogen) atoms. The van der Waals surface area contributed by atoms with Crippen LogP contribution in [0.15, 0.2) is 52.6 Å². The second kappa shape index (κ2) is 8.04. The Morgan fingerprint density at radius 3 is 2.51 bits per heavy atom. The number of carbonyl (C=O) groups excluding carboxylic acids is 5. The number of methoxy groups -OCH3 is 2. The first-order chi connectivity index (χ1) is 16.7. The topological polar surface area (TPSA) is 127 Å². The highest BCUT2D eigenvalue weighted by atomic mass is 16.5. The first kappa shape index (κ1) is 22.8. The molecular formula is C26H23NO8. The molecule has 0 spiro atoms. The zero-order valence-corrected chi connectivity index (χ0v) is 19.4. The van der Waals surface area contributed by atoms with Crippen molar-refractivity contribution in [1.82, 2.24) is 4.90 Å². The summed E-state index contributed by atoms with van der Waals surface area (Å²) in [6.45, 7) is 1.56. The number of aromatic hydroxyl groups is 1. The summed E-state index contributed by atoms with van der Waals surface area (Å²) in [5.74, 6) is -5.02. The number of hydrogen-bond donors (Lipinski definition) is 1. The van der Waals surface area contributed by atoms with E-state index in [1.807, 2.05) is 0 Å². The second-order valence-electron chi connectivity index (χ2n) is 9.11. The van der Waals surface area contributed by atoms with E-state index in [2.05, 4.69) is 4.74 Å². The van der Waals surface area contributed by atoms with E-state index in [1.165, 1.54) is 13.2 Å². The largest absolute Gasteiger partial charge is 0.504 e. The lowest BCUT2D eigenvalue weighted by atomic mass is 9.59. The van der Waals surface area contributed by atoms with Gasteiger partial charge in [-0.1, -0.05) is 23.8 Å². The summed E-state index contributed by atoms with van der Waals surface area (Å²) < 4.78 is 9.91. The minimum atomic E-state index is -1.05. The van der Waals surface area contributed by atoms with Crippen molar-refractivity contribution in [1.29, 1.82) is 0 Å². The van der Waals surface area contributed by atoms with Gasteiger partial charge < -0.3 is 14.6 Å². The molecule has 1 N–H and O–H groups in total. The number of hydrogen-bond acceptors (Lipinski definition) is 8. The number of ether oxygens (including phenoxy) is 2. The van der Waals surface area contributed by atoms with E-state index in [0.29, 0.717) is 16.0 Å². The third-order valence-electron chi connectivity index (χ3n) is 7.48. The molecular weight excluding hydrogens is 454 g/mol. The zero-order chi connectivity index (χ0) is 25.2. The first-order valence-electron chi connectivity index (χ1n) is 11.2. The van der Waals surface area contributed by atoms with Crippen LogP contribution < -0.4 is 4.74 Å². The van der Waals surface area contributed by atoms with Gasteiger partial charge in [0.05, 0.1) is 26.1 Å². The molecule has 0 saturated carbocycles. The maximum absolute atomic E-state index is 13.3. The second-order valence-corrected chi connectivity index (χ2v) is 9.11. The van der Waals surface area contributed by atoms with Crippen LogP contribution in [0.2, 0.25) is 0 Å². The summed E-state index contributed by atoms with van der Waals surface area (Å²) in [7, 11) is 2.50. The van der Waals surface area contributed by atoms with Crippen LogP contribution in [0.3, 0.4) is 0 Å². The van der Waals surface area contributed by atoms with E-state index in [-0.39, 0.29) is 52.6 Å². The van der Waals surface area contributed by atoms with Crippen LogP contribution in [0.1, 0.15) is 31.2 Å². The molecule has 0 aromatic heterocycles. The average Bonchev–Trinajstić information content (AvgIpc) is 3.11. The smallest absolute Gasteiger partial charge is 0.423 e. The number of carbonyl (C=O) groups is 5. The molecule has 0 unspecified atom stereocenters. The average molecular weight is 477 g/mol. The maximum Gasteiger partial charge on any atom is 0.423 e. The van der Waals surface area contributed by atoms with Crippen LogP contribution in [-0.2, 0) is 23.9 Å². The van der Waals surface area contributed by atoms with Gasteiger partial charge in [-0.25, -0.2) is 4.79 Å². The number of Topliss-reactive ketones (excluding diaryl/α,β-unsaturated/α-hetero) is 1. The van der Waals surface area contributed by atoms with Gasteiger partial charge in [-0.15, -0.1) is 0 Å². The number of phenolic OH excluding ortho intramolecular Hbond substituents is 1. The summed E-state index contributed by atoms with van der Waals surface area (Å²) >= 11 is 0. The van der Waals surface area contributed by atoms with Crippen molar-refractivity contribution >= 4 is 29.5 Å². The summed E-state index contributed by atoms with van der Waals surface area (Å²) in [6, 6.07) is 4.89. The fraction of sp³-hybridized carbons (Fsp3) is 0.346. The predicted molar refractivity (Wildman–Crippen MR) is 120 cm³/mol. The van der Waals surface area contributed by atoms with Crippen LogP contribution in [0.4, 0.5) is 4.79 Å². The number of ketones is 2. The highest BCUT2D eigenvalue weighted by molar-refractivity contribution is 6.24. The fourth-order valence-electron chi connectivity index (χ4n) is 5.95. The Labute approximate surface area is 200 Å². The number of likely N-dealkylation sites (tertiary alicyclic amines) is 1. The highest BCUT2D eigenvalue weighted by Gasteiger charge is 2.58. The van der Waals surface area contributed by atoms with E-state index in [0.717, 1.165) is 7.11 Å². The molecule has 1 aromatic rings. The predicted octanol–water partition coefficient (Wildman–Crippen LogP) is 2.60. The number of fused-ring (bicyclic) bond motifs is 3. The third kappa shape index (κ3) is 3.10. The lowest BCUT2D eigenvalue weighted by Crippen LogP contribution is -2.40. The van der Waals surface area contributed by atoms with E-state index in [4.69, 9.17) is 4.74 Å². The minimum absolute atomic E-state index is 0.0767. The number of imide groups is 3. The van der Waals surface area contributed by atoms with Gasteiger partial charge in [0.15, 0.2) is 23.1 Å². The fourth-order valence-corrected chi connectivity index (χ4v) is 5.95. The molecule has 4 aliphatic rings. The van der Waals surface area contributed by atoms with Crippen molar-refractivity contribution in [2.24, 2.45) is 17.8 Å². The Hall–Kier alpha value is -4.01. The van der Waals surface area contributed by atoms with Crippen molar-refractivity contribution in [3.8, 4) is 11.5 Å². The van der Waals surface area contributed by atoms with Crippen LogP contribution in [0, 0.1) is 17.8 Å². The van der Waals surface area contributed by atoms with Crippen LogP contribution in [0.25, 0.3) is 0 Å². The molecule has 9 nitrogen and oxygen atoms in total. The molecule has 0 radical (unpaired) electrons. The zero-order valence-electron chi connectivity index (χ0n) is 19.4.